The van der Waals surface area contributed by atoms with E-state index in [0.717, 1.165) is 5.56 Å². The molecule has 0 saturated heterocycles. The Kier molecular flexibility index (Phi) is 4.48. The molecule has 0 saturated carbocycles. The molecule has 6 heteroatoms. The third-order valence-corrected chi connectivity index (χ3v) is 3.76. The first-order valence-corrected chi connectivity index (χ1v) is 7.63. The largest absolute Gasteiger partial charge is 0.482 e. The van der Waals surface area contributed by atoms with Gasteiger partial charge in [-0.25, -0.2) is 0 Å². The van der Waals surface area contributed by atoms with Gasteiger partial charge < -0.3 is 15.4 Å². The summed E-state index contributed by atoms with van der Waals surface area (Å²) in [5.74, 6) is 0.246. The smallest absolute Gasteiger partial charge is 0.262 e. The van der Waals surface area contributed by atoms with Crippen LogP contribution in [-0.2, 0) is 9.59 Å². The van der Waals surface area contributed by atoms with Crippen LogP contribution in [-0.4, -0.2) is 37.4 Å². The number of amides is 2. The van der Waals surface area contributed by atoms with Crippen molar-refractivity contribution in [1.82, 2.24) is 4.90 Å². The first kappa shape index (κ1) is 16.0. The van der Waals surface area contributed by atoms with Gasteiger partial charge in [0.2, 0.25) is 5.91 Å². The Morgan fingerprint density at radius 2 is 1.96 bits per heavy atom. The summed E-state index contributed by atoms with van der Waals surface area (Å²) >= 11 is 0. The molecular formula is C18H19N3O3. The zero-order valence-electron chi connectivity index (χ0n) is 13.6. The van der Waals surface area contributed by atoms with Crippen molar-refractivity contribution < 1.29 is 14.3 Å². The first-order chi connectivity index (χ1) is 11.5. The fourth-order valence-corrected chi connectivity index (χ4v) is 2.69. The highest BCUT2D eigenvalue weighted by molar-refractivity contribution is 5.99. The predicted octanol–water partition coefficient (Wildman–Crippen LogP) is 2.26. The monoisotopic (exact) mass is 325 g/mol. The summed E-state index contributed by atoms with van der Waals surface area (Å²) in [6.45, 7) is 0.00934. The Bertz CT molecular complexity index is 759. The van der Waals surface area contributed by atoms with E-state index >= 15 is 0 Å². The van der Waals surface area contributed by atoms with Crippen LogP contribution < -0.4 is 15.4 Å². The topological polar surface area (TPSA) is 70.7 Å². The molecule has 6 nitrogen and oxygen atoms in total. The molecule has 1 aliphatic heterocycles. The quantitative estimate of drug-likeness (QED) is 0.904. The zero-order valence-corrected chi connectivity index (χ0v) is 13.6. The molecule has 0 radical (unpaired) electrons. The summed E-state index contributed by atoms with van der Waals surface area (Å²) in [6, 6.07) is 14.4. The molecule has 0 unspecified atom stereocenters. The maximum absolute atomic E-state index is 12.7. The molecule has 0 bridgehead atoms. The molecule has 2 N–H and O–H groups in total. The standard InChI is InChI=1S/C18H19N3O3/c1-21(2)17(12-6-4-3-5-7-12)18(23)19-13-8-9-15-14(10-13)20-16(22)11-24-15/h3-10,17H,11H2,1-2H3,(H,19,23)(H,20,22)/t17-/m0/s1. The van der Waals surface area contributed by atoms with Crippen LogP contribution >= 0.6 is 0 Å². The number of fused-ring (bicyclic) bond motifs is 1. The van der Waals surface area contributed by atoms with Gasteiger partial charge in [-0.15, -0.1) is 0 Å². The van der Waals surface area contributed by atoms with E-state index in [4.69, 9.17) is 4.74 Å². The predicted molar refractivity (Wildman–Crippen MR) is 92.1 cm³/mol. The second-order valence-corrected chi connectivity index (χ2v) is 5.81. The number of nitrogens with one attached hydrogen (secondary N) is 2. The molecule has 1 aliphatic rings. The van der Waals surface area contributed by atoms with E-state index in [0.29, 0.717) is 17.1 Å². The molecule has 2 aromatic rings. The molecule has 0 aromatic heterocycles. The fraction of sp³-hybridized carbons (Fsp3) is 0.222. The summed E-state index contributed by atoms with van der Waals surface area (Å²) in [5, 5.41) is 5.63. The van der Waals surface area contributed by atoms with Crippen molar-refractivity contribution in [1.29, 1.82) is 0 Å². The second-order valence-electron chi connectivity index (χ2n) is 5.81. The van der Waals surface area contributed by atoms with Crippen LogP contribution in [0, 0.1) is 0 Å². The average Bonchev–Trinajstić information content (AvgIpc) is 2.55. The number of hydrogen-bond acceptors (Lipinski definition) is 4. The lowest BCUT2D eigenvalue weighted by molar-refractivity contribution is -0.120. The first-order valence-electron chi connectivity index (χ1n) is 7.63. The van der Waals surface area contributed by atoms with Crippen molar-refractivity contribution in [2.24, 2.45) is 0 Å². The van der Waals surface area contributed by atoms with E-state index in [9.17, 15) is 9.59 Å². The number of hydrogen-bond donors (Lipinski definition) is 2. The number of carbonyl (C=O) groups is 2. The van der Waals surface area contributed by atoms with Crippen LogP contribution in [0.3, 0.4) is 0 Å². The Hall–Kier alpha value is -2.86. The van der Waals surface area contributed by atoms with Gasteiger partial charge in [-0.05, 0) is 37.9 Å². The van der Waals surface area contributed by atoms with Gasteiger partial charge in [0.1, 0.15) is 11.8 Å². The van der Waals surface area contributed by atoms with Gasteiger partial charge in [-0.3, -0.25) is 14.5 Å². The summed E-state index contributed by atoms with van der Waals surface area (Å²) in [5.41, 5.74) is 2.08. The summed E-state index contributed by atoms with van der Waals surface area (Å²) in [7, 11) is 3.72. The lowest BCUT2D eigenvalue weighted by atomic mass is 10.1. The number of ether oxygens (including phenoxy) is 1. The van der Waals surface area contributed by atoms with Gasteiger partial charge in [-0.2, -0.15) is 0 Å². The molecule has 3 rings (SSSR count). The normalized spacial score (nSPS) is 14.4. The molecule has 0 fully saturated rings. The summed E-state index contributed by atoms with van der Waals surface area (Å²) in [4.78, 5) is 26.0. The van der Waals surface area contributed by atoms with Crippen molar-refractivity contribution in [3.8, 4) is 5.75 Å². The SMILES string of the molecule is CN(C)[C@H](C(=O)Nc1ccc2c(c1)NC(=O)CO2)c1ccccc1. The van der Waals surface area contributed by atoms with Gasteiger partial charge in [0.05, 0.1) is 5.69 Å². The van der Waals surface area contributed by atoms with Gasteiger partial charge >= 0.3 is 0 Å². The minimum Gasteiger partial charge on any atom is -0.482 e. The number of rotatable bonds is 4. The van der Waals surface area contributed by atoms with Gasteiger partial charge in [0, 0.05) is 5.69 Å². The van der Waals surface area contributed by atoms with Crippen LogP contribution in [0.25, 0.3) is 0 Å². The number of anilines is 2. The maximum Gasteiger partial charge on any atom is 0.262 e. The molecule has 1 atom stereocenters. The molecule has 0 spiro atoms. The number of carbonyl (C=O) groups excluding carboxylic acids is 2. The lowest BCUT2D eigenvalue weighted by Crippen LogP contribution is -2.32. The van der Waals surface area contributed by atoms with E-state index in [-0.39, 0.29) is 18.4 Å². The third-order valence-electron chi connectivity index (χ3n) is 3.76. The Balaban J connectivity index is 1.81. The molecular weight excluding hydrogens is 306 g/mol. The molecule has 2 aromatic carbocycles. The van der Waals surface area contributed by atoms with Gasteiger partial charge in [0.25, 0.3) is 5.91 Å². The second kappa shape index (κ2) is 6.72. The van der Waals surface area contributed by atoms with Crippen molar-refractivity contribution in [3.63, 3.8) is 0 Å². The van der Waals surface area contributed by atoms with Crippen molar-refractivity contribution in [2.45, 2.75) is 6.04 Å². The fourth-order valence-electron chi connectivity index (χ4n) is 2.69. The number of benzene rings is 2. The third kappa shape index (κ3) is 3.38. The number of nitrogens with zero attached hydrogens (tertiary/aromatic N) is 1. The van der Waals surface area contributed by atoms with Crippen LogP contribution in [0.15, 0.2) is 48.5 Å². The lowest BCUT2D eigenvalue weighted by Gasteiger charge is -2.24. The van der Waals surface area contributed by atoms with Crippen molar-refractivity contribution >= 4 is 23.2 Å². The Morgan fingerprint density at radius 1 is 1.21 bits per heavy atom. The minimum atomic E-state index is -0.409. The van der Waals surface area contributed by atoms with E-state index in [1.54, 1.807) is 18.2 Å². The van der Waals surface area contributed by atoms with E-state index in [2.05, 4.69) is 10.6 Å². The van der Waals surface area contributed by atoms with Crippen molar-refractivity contribution in [2.75, 3.05) is 31.3 Å². The van der Waals surface area contributed by atoms with Crippen LogP contribution in [0.4, 0.5) is 11.4 Å². The maximum atomic E-state index is 12.7. The van der Waals surface area contributed by atoms with Crippen LogP contribution in [0.5, 0.6) is 5.75 Å². The van der Waals surface area contributed by atoms with Crippen LogP contribution in [0.1, 0.15) is 11.6 Å². The van der Waals surface area contributed by atoms with E-state index < -0.39 is 6.04 Å². The van der Waals surface area contributed by atoms with Crippen LogP contribution in [0.2, 0.25) is 0 Å². The minimum absolute atomic E-state index is 0.00934. The van der Waals surface area contributed by atoms with E-state index in [1.165, 1.54) is 0 Å². The van der Waals surface area contributed by atoms with E-state index in [1.807, 2.05) is 49.3 Å². The van der Waals surface area contributed by atoms with Crippen molar-refractivity contribution in [3.05, 3.63) is 54.1 Å². The summed E-state index contributed by atoms with van der Waals surface area (Å²) < 4.78 is 5.32. The molecule has 24 heavy (non-hydrogen) atoms. The number of likely N-dealkylation sites (N-methyl/N-ethyl adjacent to an activating group) is 1. The van der Waals surface area contributed by atoms with Gasteiger partial charge in [0.15, 0.2) is 6.61 Å². The average molecular weight is 325 g/mol. The molecule has 0 aliphatic carbocycles. The Labute approximate surface area is 140 Å². The molecule has 1 heterocycles. The molecule has 2 amide bonds. The summed E-state index contributed by atoms with van der Waals surface area (Å²) in [6.07, 6.45) is 0. The highest BCUT2D eigenvalue weighted by Gasteiger charge is 2.23. The zero-order chi connectivity index (χ0) is 17.1. The van der Waals surface area contributed by atoms with Gasteiger partial charge in [-0.1, -0.05) is 30.3 Å². The highest BCUT2D eigenvalue weighted by atomic mass is 16.5. The Morgan fingerprint density at radius 3 is 2.67 bits per heavy atom. The molecule has 124 valence electrons. The highest BCUT2D eigenvalue weighted by Crippen LogP contribution is 2.31.